The molecule has 8 nitrogen and oxygen atoms in total. The summed E-state index contributed by atoms with van der Waals surface area (Å²) in [5.41, 5.74) is 5.74. The first-order valence-corrected chi connectivity index (χ1v) is 7.15. The first-order chi connectivity index (χ1) is 10.0. The second-order valence-electron chi connectivity index (χ2n) is 3.65. The van der Waals surface area contributed by atoms with Crippen molar-refractivity contribution in [1.29, 1.82) is 0 Å². The summed E-state index contributed by atoms with van der Waals surface area (Å²) in [5.74, 6) is 0.351. The number of nitrogens with two attached hydrogens (primary N) is 1. The smallest absolute Gasteiger partial charge is 0.315 e. The van der Waals surface area contributed by atoms with Gasteiger partial charge in [0.25, 0.3) is 0 Å². The van der Waals surface area contributed by atoms with Crippen LogP contribution in [-0.4, -0.2) is 36.3 Å². The van der Waals surface area contributed by atoms with Gasteiger partial charge in [-0.25, -0.2) is 0 Å². The topological polar surface area (TPSA) is 112 Å². The van der Waals surface area contributed by atoms with Gasteiger partial charge >= 0.3 is 5.69 Å². The fourth-order valence-electron chi connectivity index (χ4n) is 1.45. The Kier molecular flexibility index (Phi) is 6.47. The first-order valence-electron chi connectivity index (χ1n) is 5.93. The van der Waals surface area contributed by atoms with Crippen molar-refractivity contribution >= 4 is 28.8 Å². The van der Waals surface area contributed by atoms with E-state index in [1.54, 1.807) is 19.2 Å². The van der Waals surface area contributed by atoms with Gasteiger partial charge in [-0.3, -0.25) is 10.1 Å². The third-order valence-electron chi connectivity index (χ3n) is 2.34. The van der Waals surface area contributed by atoms with Gasteiger partial charge < -0.3 is 15.2 Å². The van der Waals surface area contributed by atoms with Gasteiger partial charge in [0.1, 0.15) is 0 Å². The maximum Gasteiger partial charge on any atom is 0.315 e. The SMILES string of the molecule is CCOc1c(OC)cc(/C=N\N=C(/N)SC)cc1[N+](=O)[O-]. The predicted molar refractivity (Wildman–Crippen MR) is 83.5 cm³/mol. The summed E-state index contributed by atoms with van der Waals surface area (Å²) in [6.45, 7) is 2.03. The Morgan fingerprint density at radius 1 is 1.57 bits per heavy atom. The number of ether oxygens (including phenoxy) is 2. The molecule has 0 saturated heterocycles. The van der Waals surface area contributed by atoms with E-state index in [0.717, 1.165) is 0 Å². The lowest BCUT2D eigenvalue weighted by Crippen LogP contribution is -2.04. The Morgan fingerprint density at radius 3 is 2.81 bits per heavy atom. The maximum absolute atomic E-state index is 11.1. The van der Waals surface area contributed by atoms with E-state index in [4.69, 9.17) is 15.2 Å². The van der Waals surface area contributed by atoms with Crippen molar-refractivity contribution in [2.24, 2.45) is 15.9 Å². The standard InChI is InChI=1S/C12H16N4O4S/c1-4-20-11-9(16(17)18)5-8(6-10(11)19-2)7-14-15-12(13)21-3/h5-7H,4H2,1-3H3,(H2,13,15)/b14-7-. The number of hydrogen-bond acceptors (Lipinski definition) is 7. The average molecular weight is 312 g/mol. The monoisotopic (exact) mass is 312 g/mol. The molecular formula is C12H16N4O4S. The number of thioether (sulfide) groups is 1. The number of nitrogens with zero attached hydrogens (tertiary/aromatic N) is 3. The normalized spacial score (nSPS) is 11.7. The highest BCUT2D eigenvalue weighted by Crippen LogP contribution is 2.37. The zero-order valence-corrected chi connectivity index (χ0v) is 12.7. The van der Waals surface area contributed by atoms with Crippen molar-refractivity contribution in [2.75, 3.05) is 20.0 Å². The Balaban J connectivity index is 3.24. The number of benzene rings is 1. The minimum Gasteiger partial charge on any atom is -0.493 e. The quantitative estimate of drug-likeness (QED) is 0.372. The number of methoxy groups -OCH3 is 1. The van der Waals surface area contributed by atoms with E-state index in [2.05, 4.69) is 10.2 Å². The zero-order valence-electron chi connectivity index (χ0n) is 11.9. The lowest BCUT2D eigenvalue weighted by atomic mass is 10.2. The van der Waals surface area contributed by atoms with Crippen LogP contribution in [0.2, 0.25) is 0 Å². The zero-order chi connectivity index (χ0) is 15.8. The molecular weight excluding hydrogens is 296 g/mol. The van der Waals surface area contributed by atoms with Crippen molar-refractivity contribution in [3.8, 4) is 11.5 Å². The van der Waals surface area contributed by atoms with Crippen molar-refractivity contribution in [3.05, 3.63) is 27.8 Å². The third-order valence-corrected chi connectivity index (χ3v) is 2.84. The molecule has 0 amide bonds. The van der Waals surface area contributed by atoms with Crippen LogP contribution >= 0.6 is 11.8 Å². The van der Waals surface area contributed by atoms with Crippen molar-refractivity contribution in [2.45, 2.75) is 6.92 Å². The lowest BCUT2D eigenvalue weighted by Gasteiger charge is -2.10. The van der Waals surface area contributed by atoms with Gasteiger partial charge in [0, 0.05) is 11.6 Å². The first kappa shape index (κ1) is 16.8. The second-order valence-corrected chi connectivity index (χ2v) is 4.47. The molecule has 0 spiro atoms. The van der Waals surface area contributed by atoms with Crippen LogP contribution in [0.15, 0.2) is 22.3 Å². The molecule has 0 bridgehead atoms. The largest absolute Gasteiger partial charge is 0.493 e. The molecule has 21 heavy (non-hydrogen) atoms. The van der Waals surface area contributed by atoms with Crippen LogP contribution in [0.5, 0.6) is 11.5 Å². The van der Waals surface area contributed by atoms with Crippen LogP contribution in [0.1, 0.15) is 12.5 Å². The van der Waals surface area contributed by atoms with Crippen molar-refractivity contribution in [3.63, 3.8) is 0 Å². The molecule has 0 saturated carbocycles. The van der Waals surface area contributed by atoms with Gasteiger partial charge in [0.05, 0.1) is 24.9 Å². The van der Waals surface area contributed by atoms with Crippen LogP contribution in [0, 0.1) is 10.1 Å². The molecule has 1 aromatic carbocycles. The van der Waals surface area contributed by atoms with Gasteiger partial charge in [0.15, 0.2) is 10.9 Å². The Hall–Kier alpha value is -2.29. The number of nitro benzene ring substituents is 1. The average Bonchev–Trinajstić information content (AvgIpc) is 2.47. The third kappa shape index (κ3) is 4.63. The fraction of sp³-hybridized carbons (Fsp3) is 0.333. The fourth-order valence-corrected chi connectivity index (χ4v) is 1.58. The van der Waals surface area contributed by atoms with Gasteiger partial charge in [-0.1, -0.05) is 11.8 Å². The molecule has 114 valence electrons. The van der Waals surface area contributed by atoms with Crippen LogP contribution in [-0.2, 0) is 0 Å². The summed E-state index contributed by atoms with van der Waals surface area (Å²) in [6.07, 6.45) is 3.12. The van der Waals surface area contributed by atoms with Crippen molar-refractivity contribution in [1.82, 2.24) is 0 Å². The van der Waals surface area contributed by atoms with E-state index in [-0.39, 0.29) is 17.2 Å². The summed E-state index contributed by atoms with van der Waals surface area (Å²) in [7, 11) is 1.41. The molecule has 0 aliphatic rings. The summed E-state index contributed by atoms with van der Waals surface area (Å²) >= 11 is 1.25. The van der Waals surface area contributed by atoms with E-state index in [9.17, 15) is 10.1 Å². The predicted octanol–water partition coefficient (Wildman–Crippen LogP) is 2.01. The minimum absolute atomic E-state index is 0.0919. The molecule has 0 radical (unpaired) electrons. The summed E-state index contributed by atoms with van der Waals surface area (Å²) in [6, 6.07) is 2.91. The van der Waals surface area contributed by atoms with Crippen LogP contribution < -0.4 is 15.2 Å². The molecule has 0 aromatic heterocycles. The minimum atomic E-state index is -0.537. The lowest BCUT2D eigenvalue weighted by molar-refractivity contribution is -0.385. The van der Waals surface area contributed by atoms with Crippen LogP contribution in [0.25, 0.3) is 0 Å². The highest BCUT2D eigenvalue weighted by atomic mass is 32.2. The van der Waals surface area contributed by atoms with E-state index in [1.165, 1.54) is 31.2 Å². The van der Waals surface area contributed by atoms with Gasteiger partial charge in [-0.15, -0.1) is 5.10 Å². The molecule has 0 fully saturated rings. The molecule has 0 heterocycles. The molecule has 0 unspecified atom stereocenters. The van der Waals surface area contributed by atoms with Gasteiger partial charge in [-0.2, -0.15) is 5.10 Å². The summed E-state index contributed by atoms with van der Waals surface area (Å²) in [5, 5.41) is 18.9. The van der Waals surface area contributed by atoms with E-state index >= 15 is 0 Å². The summed E-state index contributed by atoms with van der Waals surface area (Å²) < 4.78 is 10.4. The van der Waals surface area contributed by atoms with E-state index < -0.39 is 4.92 Å². The van der Waals surface area contributed by atoms with Crippen LogP contribution in [0.4, 0.5) is 5.69 Å². The molecule has 0 aliphatic heterocycles. The highest BCUT2D eigenvalue weighted by Gasteiger charge is 2.21. The molecule has 0 aliphatic carbocycles. The molecule has 1 aromatic rings. The number of hydrogen-bond donors (Lipinski definition) is 1. The van der Waals surface area contributed by atoms with Gasteiger partial charge in [0.2, 0.25) is 5.75 Å². The maximum atomic E-state index is 11.1. The molecule has 2 N–H and O–H groups in total. The Labute approximate surface area is 126 Å². The highest BCUT2D eigenvalue weighted by molar-refractivity contribution is 8.13. The second kappa shape index (κ2) is 8.10. The van der Waals surface area contributed by atoms with Crippen LogP contribution in [0.3, 0.4) is 0 Å². The van der Waals surface area contributed by atoms with Crippen molar-refractivity contribution < 1.29 is 14.4 Å². The van der Waals surface area contributed by atoms with E-state index in [0.29, 0.717) is 17.3 Å². The molecule has 0 atom stereocenters. The van der Waals surface area contributed by atoms with Gasteiger partial charge in [-0.05, 0) is 19.2 Å². The Bertz CT molecular complexity index is 575. The molecule has 9 heteroatoms. The summed E-state index contributed by atoms with van der Waals surface area (Å²) in [4.78, 5) is 10.6. The number of amidine groups is 1. The van der Waals surface area contributed by atoms with E-state index in [1.807, 2.05) is 0 Å². The number of rotatable bonds is 6. The molecule has 1 rings (SSSR count). The number of nitro groups is 1. The Morgan fingerprint density at radius 2 is 2.29 bits per heavy atom.